The van der Waals surface area contributed by atoms with Gasteiger partial charge >= 0.3 is 0 Å². The Morgan fingerprint density at radius 3 is 2.48 bits per heavy atom. The van der Waals surface area contributed by atoms with E-state index in [0.29, 0.717) is 17.5 Å². The van der Waals surface area contributed by atoms with Crippen molar-refractivity contribution in [1.29, 1.82) is 0 Å². The van der Waals surface area contributed by atoms with Crippen molar-refractivity contribution in [2.24, 2.45) is 7.05 Å². The molecule has 0 aromatic carbocycles. The number of hydrogen-bond acceptors (Lipinski definition) is 3. The Bertz CT molecular complexity index is 836. The third kappa shape index (κ3) is 4.39. The standard InChI is InChI=1S/C17H18ClN3.C3H8O/c1-10(2)14-6-5-12(8-19-14)17-13(18)7-15-16(20-17)11(3)9-21(15)4;1-2-3-4/h5-10H,1-4H3;4H,2-3H2,1H3. The number of rotatable bonds is 3. The molecular weight excluding hydrogens is 334 g/mol. The van der Waals surface area contributed by atoms with Crippen molar-refractivity contribution in [3.05, 3.63) is 46.9 Å². The summed E-state index contributed by atoms with van der Waals surface area (Å²) in [6, 6.07) is 6.06. The summed E-state index contributed by atoms with van der Waals surface area (Å²) in [6.07, 6.45) is 4.80. The van der Waals surface area contributed by atoms with E-state index in [0.717, 1.165) is 40.0 Å². The minimum absolute atomic E-state index is 0.319. The lowest BCUT2D eigenvalue weighted by molar-refractivity contribution is 0.295. The quantitative estimate of drug-likeness (QED) is 0.707. The van der Waals surface area contributed by atoms with Crippen LogP contribution in [0.3, 0.4) is 0 Å². The fourth-order valence-corrected chi connectivity index (χ4v) is 2.80. The number of nitrogens with zero attached hydrogens (tertiary/aromatic N) is 3. The van der Waals surface area contributed by atoms with Gasteiger partial charge in [-0.2, -0.15) is 0 Å². The molecule has 0 saturated heterocycles. The van der Waals surface area contributed by atoms with Crippen molar-refractivity contribution in [1.82, 2.24) is 14.5 Å². The van der Waals surface area contributed by atoms with Gasteiger partial charge in [0.2, 0.25) is 0 Å². The van der Waals surface area contributed by atoms with Crippen LogP contribution in [-0.2, 0) is 7.05 Å². The smallest absolute Gasteiger partial charge is 0.0918 e. The van der Waals surface area contributed by atoms with Crippen molar-refractivity contribution in [3.63, 3.8) is 0 Å². The molecule has 3 aromatic rings. The molecule has 3 rings (SSSR count). The lowest BCUT2D eigenvalue weighted by atomic mass is 10.1. The summed E-state index contributed by atoms with van der Waals surface area (Å²) in [7, 11) is 2.01. The van der Waals surface area contributed by atoms with Gasteiger partial charge in [0, 0.05) is 37.3 Å². The minimum Gasteiger partial charge on any atom is -0.396 e. The van der Waals surface area contributed by atoms with Crippen LogP contribution in [0, 0.1) is 6.92 Å². The number of aliphatic hydroxyl groups excluding tert-OH is 1. The number of hydrogen-bond donors (Lipinski definition) is 1. The lowest BCUT2D eigenvalue weighted by Gasteiger charge is -2.08. The number of halogens is 1. The number of pyridine rings is 2. The third-order valence-corrected chi connectivity index (χ3v) is 4.26. The van der Waals surface area contributed by atoms with Crippen molar-refractivity contribution in [2.45, 2.75) is 40.0 Å². The first kappa shape index (κ1) is 19.4. The van der Waals surface area contributed by atoms with Crippen molar-refractivity contribution < 1.29 is 5.11 Å². The minimum atomic E-state index is 0.319. The maximum Gasteiger partial charge on any atom is 0.0918 e. The van der Waals surface area contributed by atoms with Crippen molar-refractivity contribution in [3.8, 4) is 11.3 Å². The van der Waals surface area contributed by atoms with E-state index in [1.807, 2.05) is 42.9 Å². The highest BCUT2D eigenvalue weighted by Crippen LogP contribution is 2.31. The zero-order chi connectivity index (χ0) is 18.6. The average molecular weight is 360 g/mol. The Morgan fingerprint density at radius 1 is 1.28 bits per heavy atom. The number of aliphatic hydroxyl groups is 1. The molecule has 4 nitrogen and oxygen atoms in total. The van der Waals surface area contributed by atoms with E-state index in [2.05, 4.69) is 32.0 Å². The van der Waals surface area contributed by atoms with Crippen LogP contribution < -0.4 is 0 Å². The summed E-state index contributed by atoms with van der Waals surface area (Å²) in [6.45, 7) is 8.58. The van der Waals surface area contributed by atoms with Crippen molar-refractivity contribution >= 4 is 22.6 Å². The first-order valence-electron chi connectivity index (χ1n) is 8.58. The van der Waals surface area contributed by atoms with Gasteiger partial charge in [-0.05, 0) is 43.0 Å². The SMILES string of the molecule is CCCO.Cc1cn(C)c2cc(Cl)c(-c3ccc(C(C)C)nc3)nc12. The van der Waals surface area contributed by atoms with E-state index in [9.17, 15) is 0 Å². The van der Waals surface area contributed by atoms with Gasteiger partial charge < -0.3 is 9.67 Å². The molecule has 0 atom stereocenters. The molecule has 3 aromatic heterocycles. The molecule has 0 aliphatic heterocycles. The molecule has 134 valence electrons. The van der Waals surface area contributed by atoms with Gasteiger partial charge in [0.25, 0.3) is 0 Å². The average Bonchev–Trinajstić information content (AvgIpc) is 2.88. The molecule has 0 radical (unpaired) electrons. The second-order valence-electron chi connectivity index (χ2n) is 6.46. The van der Waals surface area contributed by atoms with Crippen LogP contribution in [-0.4, -0.2) is 26.2 Å². The maximum atomic E-state index is 7.88. The number of fused-ring (bicyclic) bond motifs is 1. The second kappa shape index (κ2) is 8.45. The van der Waals surface area contributed by atoms with Gasteiger partial charge in [0.1, 0.15) is 0 Å². The molecule has 0 aliphatic carbocycles. The van der Waals surface area contributed by atoms with Gasteiger partial charge in [-0.25, -0.2) is 4.98 Å². The second-order valence-corrected chi connectivity index (χ2v) is 6.87. The number of aryl methyl sites for hydroxylation is 2. The molecule has 5 heteroatoms. The fraction of sp³-hybridized carbons (Fsp3) is 0.400. The molecule has 0 bridgehead atoms. The van der Waals surface area contributed by atoms with Gasteiger partial charge in [-0.3, -0.25) is 4.98 Å². The highest BCUT2D eigenvalue weighted by atomic mass is 35.5. The zero-order valence-corrected chi connectivity index (χ0v) is 16.3. The molecule has 0 saturated carbocycles. The monoisotopic (exact) mass is 359 g/mol. The Balaban J connectivity index is 0.000000511. The summed E-state index contributed by atoms with van der Waals surface area (Å²) in [5.74, 6) is 0.418. The normalized spacial score (nSPS) is 10.9. The molecule has 0 spiro atoms. The topological polar surface area (TPSA) is 50.9 Å². The fourth-order valence-electron chi connectivity index (χ4n) is 2.55. The first-order valence-corrected chi connectivity index (χ1v) is 8.96. The summed E-state index contributed by atoms with van der Waals surface area (Å²) in [4.78, 5) is 9.25. The molecule has 0 amide bonds. The Morgan fingerprint density at radius 2 is 1.96 bits per heavy atom. The Labute approximate surface area is 154 Å². The summed E-state index contributed by atoms with van der Waals surface area (Å²) in [5, 5.41) is 8.53. The molecule has 1 N–H and O–H groups in total. The van der Waals surface area contributed by atoms with E-state index in [-0.39, 0.29) is 0 Å². The summed E-state index contributed by atoms with van der Waals surface area (Å²) in [5.41, 5.74) is 6.01. The van der Waals surface area contributed by atoms with Crippen LogP contribution in [0.4, 0.5) is 0 Å². The third-order valence-electron chi connectivity index (χ3n) is 3.97. The van der Waals surface area contributed by atoms with Crippen LogP contribution in [0.1, 0.15) is 44.4 Å². The van der Waals surface area contributed by atoms with Gasteiger partial charge in [-0.15, -0.1) is 0 Å². The molecule has 0 aliphatic rings. The van der Waals surface area contributed by atoms with Crippen molar-refractivity contribution in [2.75, 3.05) is 6.61 Å². The largest absolute Gasteiger partial charge is 0.396 e. The van der Waals surface area contributed by atoms with E-state index in [1.165, 1.54) is 0 Å². The van der Waals surface area contributed by atoms with E-state index >= 15 is 0 Å². The Hall–Kier alpha value is -1.91. The lowest BCUT2D eigenvalue weighted by Crippen LogP contribution is -1.94. The molecule has 0 fully saturated rings. The van der Waals surface area contributed by atoms with Gasteiger partial charge in [-0.1, -0.05) is 32.4 Å². The zero-order valence-electron chi connectivity index (χ0n) is 15.5. The first-order chi connectivity index (χ1) is 11.9. The summed E-state index contributed by atoms with van der Waals surface area (Å²) < 4.78 is 2.05. The highest BCUT2D eigenvalue weighted by Gasteiger charge is 2.12. The molecule has 25 heavy (non-hydrogen) atoms. The maximum absolute atomic E-state index is 7.88. The highest BCUT2D eigenvalue weighted by molar-refractivity contribution is 6.33. The molecule has 3 heterocycles. The van der Waals surface area contributed by atoms with Gasteiger partial charge in [0.05, 0.1) is 21.7 Å². The summed E-state index contributed by atoms with van der Waals surface area (Å²) >= 11 is 6.42. The predicted octanol–water partition coefficient (Wildman–Crippen LogP) is 5.11. The predicted molar refractivity (Wildman–Crippen MR) is 105 cm³/mol. The van der Waals surface area contributed by atoms with Gasteiger partial charge in [0.15, 0.2) is 0 Å². The Kier molecular flexibility index (Phi) is 6.57. The van der Waals surface area contributed by atoms with Crippen LogP contribution in [0.2, 0.25) is 5.02 Å². The van der Waals surface area contributed by atoms with E-state index in [1.54, 1.807) is 0 Å². The van der Waals surface area contributed by atoms with Crippen LogP contribution in [0.25, 0.3) is 22.3 Å². The van der Waals surface area contributed by atoms with E-state index < -0.39 is 0 Å². The molecular formula is C20H26ClN3O. The van der Waals surface area contributed by atoms with Crippen LogP contribution >= 0.6 is 11.6 Å². The molecule has 0 unspecified atom stereocenters. The van der Waals surface area contributed by atoms with Crippen LogP contribution in [0.15, 0.2) is 30.6 Å². The van der Waals surface area contributed by atoms with Crippen LogP contribution in [0.5, 0.6) is 0 Å². The van der Waals surface area contributed by atoms with E-state index in [4.69, 9.17) is 21.7 Å². The number of aromatic nitrogens is 3.